The quantitative estimate of drug-likeness (QED) is 0.455. The third-order valence-electron chi connectivity index (χ3n) is 4.07. The van der Waals surface area contributed by atoms with Crippen molar-refractivity contribution in [2.75, 3.05) is 13.7 Å². The van der Waals surface area contributed by atoms with Crippen LogP contribution in [0.4, 0.5) is 0 Å². The van der Waals surface area contributed by atoms with Gasteiger partial charge in [-0.1, -0.05) is 24.3 Å². The van der Waals surface area contributed by atoms with Crippen LogP contribution in [0, 0.1) is 0 Å². The number of para-hydroxylation sites is 1. The Balaban J connectivity index is 1.77. The first kappa shape index (κ1) is 17.4. The molecule has 6 nitrogen and oxygen atoms in total. The summed E-state index contributed by atoms with van der Waals surface area (Å²) in [6.45, 7) is 3.70. The third-order valence-corrected chi connectivity index (χ3v) is 4.07. The fourth-order valence-electron chi connectivity index (χ4n) is 2.76. The van der Waals surface area contributed by atoms with Crippen molar-refractivity contribution in [2.24, 2.45) is 0 Å². The normalized spacial score (nSPS) is 12.7. The van der Waals surface area contributed by atoms with E-state index in [1.807, 2.05) is 12.1 Å². The summed E-state index contributed by atoms with van der Waals surface area (Å²) in [5.41, 5.74) is 1.41. The first-order chi connectivity index (χ1) is 12.6. The maximum Gasteiger partial charge on any atom is 0.338 e. The van der Waals surface area contributed by atoms with E-state index < -0.39 is 11.9 Å². The van der Waals surface area contributed by atoms with Crippen molar-refractivity contribution in [2.45, 2.75) is 6.61 Å². The molecule has 0 bridgehead atoms. The van der Waals surface area contributed by atoms with Crippen LogP contribution in [0.1, 0.15) is 36.6 Å². The minimum Gasteiger partial charge on any atom is -0.496 e. The number of imide groups is 1. The number of esters is 1. The van der Waals surface area contributed by atoms with Gasteiger partial charge in [0, 0.05) is 12.1 Å². The van der Waals surface area contributed by atoms with E-state index in [4.69, 9.17) is 9.47 Å². The molecule has 0 aliphatic carbocycles. The summed E-state index contributed by atoms with van der Waals surface area (Å²) >= 11 is 0. The Hall–Kier alpha value is -3.41. The van der Waals surface area contributed by atoms with Gasteiger partial charge in [-0.2, -0.15) is 0 Å². The van der Waals surface area contributed by atoms with Crippen molar-refractivity contribution in [1.82, 2.24) is 4.90 Å². The van der Waals surface area contributed by atoms with Crippen LogP contribution < -0.4 is 4.74 Å². The van der Waals surface area contributed by atoms with Crippen LogP contribution in [0.2, 0.25) is 0 Å². The molecule has 2 amide bonds. The van der Waals surface area contributed by atoms with Crippen molar-refractivity contribution in [3.8, 4) is 5.75 Å². The lowest BCUT2D eigenvalue weighted by Crippen LogP contribution is -2.29. The van der Waals surface area contributed by atoms with Gasteiger partial charge in [-0.25, -0.2) is 4.79 Å². The number of carbonyl (C=O) groups excluding carboxylic acids is 3. The van der Waals surface area contributed by atoms with Gasteiger partial charge in [0.2, 0.25) is 0 Å². The number of hydrogen-bond donors (Lipinski definition) is 0. The average Bonchev–Trinajstić information content (AvgIpc) is 2.91. The number of benzene rings is 2. The van der Waals surface area contributed by atoms with Gasteiger partial charge in [-0.15, -0.1) is 6.58 Å². The predicted molar refractivity (Wildman–Crippen MR) is 94.1 cm³/mol. The number of nitrogens with zero attached hydrogens (tertiary/aromatic N) is 1. The van der Waals surface area contributed by atoms with Gasteiger partial charge in [0.1, 0.15) is 12.4 Å². The van der Waals surface area contributed by atoms with Crippen LogP contribution in [0.5, 0.6) is 5.75 Å². The smallest absolute Gasteiger partial charge is 0.338 e. The van der Waals surface area contributed by atoms with E-state index in [9.17, 15) is 14.4 Å². The largest absolute Gasteiger partial charge is 0.496 e. The number of ether oxygens (including phenoxy) is 2. The fourth-order valence-corrected chi connectivity index (χ4v) is 2.76. The molecule has 0 unspecified atom stereocenters. The molecule has 0 spiro atoms. The van der Waals surface area contributed by atoms with Crippen molar-refractivity contribution < 1.29 is 23.9 Å². The van der Waals surface area contributed by atoms with Crippen LogP contribution in [0.15, 0.2) is 55.1 Å². The lowest BCUT2D eigenvalue weighted by molar-refractivity contribution is 0.0469. The van der Waals surface area contributed by atoms with Gasteiger partial charge < -0.3 is 9.47 Å². The Labute approximate surface area is 150 Å². The molecule has 1 aliphatic rings. The van der Waals surface area contributed by atoms with Crippen LogP contribution in [0.25, 0.3) is 0 Å². The summed E-state index contributed by atoms with van der Waals surface area (Å²) in [7, 11) is 1.54. The highest BCUT2D eigenvalue weighted by atomic mass is 16.5. The molecule has 0 fully saturated rings. The summed E-state index contributed by atoms with van der Waals surface area (Å²) < 4.78 is 10.5. The van der Waals surface area contributed by atoms with E-state index >= 15 is 0 Å². The highest BCUT2D eigenvalue weighted by Gasteiger charge is 2.35. The summed E-state index contributed by atoms with van der Waals surface area (Å²) in [5, 5.41) is 0. The van der Waals surface area contributed by atoms with E-state index in [0.717, 1.165) is 10.5 Å². The highest BCUT2D eigenvalue weighted by Crippen LogP contribution is 2.25. The van der Waals surface area contributed by atoms with Gasteiger partial charge in [0.05, 0.1) is 23.8 Å². The lowest BCUT2D eigenvalue weighted by Gasteiger charge is -2.09. The number of methoxy groups -OCH3 is 1. The molecule has 0 aromatic heterocycles. The predicted octanol–water partition coefficient (Wildman–Crippen LogP) is 2.83. The zero-order valence-corrected chi connectivity index (χ0v) is 14.2. The maximum atomic E-state index is 12.3. The van der Waals surface area contributed by atoms with Crippen molar-refractivity contribution in [1.29, 1.82) is 0 Å². The zero-order valence-electron chi connectivity index (χ0n) is 14.2. The van der Waals surface area contributed by atoms with E-state index in [0.29, 0.717) is 5.75 Å². The lowest BCUT2D eigenvalue weighted by atomic mass is 10.1. The average molecular weight is 351 g/mol. The maximum absolute atomic E-state index is 12.3. The molecule has 0 N–H and O–H groups in total. The van der Waals surface area contributed by atoms with Crippen LogP contribution in [0.3, 0.4) is 0 Å². The van der Waals surface area contributed by atoms with Crippen LogP contribution in [-0.2, 0) is 11.3 Å². The molecule has 0 saturated heterocycles. The Kier molecular flexibility index (Phi) is 4.84. The van der Waals surface area contributed by atoms with Crippen LogP contribution in [-0.4, -0.2) is 36.3 Å². The molecule has 1 aliphatic heterocycles. The number of carbonyl (C=O) groups is 3. The highest BCUT2D eigenvalue weighted by molar-refractivity contribution is 6.22. The van der Waals surface area contributed by atoms with E-state index in [2.05, 4.69) is 6.58 Å². The molecule has 3 rings (SSSR count). The molecular formula is C20H17NO5. The minimum absolute atomic E-state index is 0.0371. The molecule has 0 atom stereocenters. The molecule has 2 aromatic carbocycles. The first-order valence-corrected chi connectivity index (χ1v) is 7.97. The second-order valence-electron chi connectivity index (χ2n) is 5.66. The Morgan fingerprint density at radius 1 is 1.12 bits per heavy atom. The summed E-state index contributed by atoms with van der Waals surface area (Å²) in [6.07, 6.45) is 1.48. The molecular weight excluding hydrogens is 334 g/mol. The molecule has 0 saturated carbocycles. The Morgan fingerprint density at radius 3 is 2.58 bits per heavy atom. The summed E-state index contributed by atoms with van der Waals surface area (Å²) in [5.74, 6) is -0.792. The van der Waals surface area contributed by atoms with Gasteiger partial charge in [-0.3, -0.25) is 14.5 Å². The van der Waals surface area contributed by atoms with E-state index in [1.54, 1.807) is 19.2 Å². The second kappa shape index (κ2) is 7.23. The molecule has 6 heteroatoms. The Bertz CT molecular complexity index is 903. The SMILES string of the molecule is C=CCN1C(=O)c2ccc(C(=O)OCc3ccccc3OC)cc2C1=O. The summed E-state index contributed by atoms with van der Waals surface area (Å²) in [6, 6.07) is 11.6. The van der Waals surface area contributed by atoms with Gasteiger partial charge in [0.25, 0.3) is 11.8 Å². The number of amides is 2. The Morgan fingerprint density at radius 2 is 1.85 bits per heavy atom. The van der Waals surface area contributed by atoms with Gasteiger partial charge in [0.15, 0.2) is 0 Å². The molecule has 2 aromatic rings. The number of hydrogen-bond acceptors (Lipinski definition) is 5. The van der Waals surface area contributed by atoms with Crippen molar-refractivity contribution in [3.05, 3.63) is 77.4 Å². The van der Waals surface area contributed by atoms with Crippen LogP contribution >= 0.6 is 0 Å². The topological polar surface area (TPSA) is 72.9 Å². The molecule has 1 heterocycles. The monoisotopic (exact) mass is 351 g/mol. The number of rotatable bonds is 6. The van der Waals surface area contributed by atoms with E-state index in [-0.39, 0.29) is 35.7 Å². The first-order valence-electron chi connectivity index (χ1n) is 7.97. The number of fused-ring (bicyclic) bond motifs is 1. The van der Waals surface area contributed by atoms with Crippen molar-refractivity contribution in [3.63, 3.8) is 0 Å². The molecule has 0 radical (unpaired) electrons. The molecule has 26 heavy (non-hydrogen) atoms. The zero-order chi connectivity index (χ0) is 18.7. The van der Waals surface area contributed by atoms with E-state index in [1.165, 1.54) is 24.3 Å². The van der Waals surface area contributed by atoms with Crippen molar-refractivity contribution >= 4 is 17.8 Å². The minimum atomic E-state index is -0.582. The molecule has 132 valence electrons. The summed E-state index contributed by atoms with van der Waals surface area (Å²) in [4.78, 5) is 37.9. The standard InChI is InChI=1S/C20H17NO5/c1-3-10-21-18(22)15-9-8-13(11-16(15)19(21)23)20(24)26-12-14-6-4-5-7-17(14)25-2/h3-9,11H,1,10,12H2,2H3. The van der Waals surface area contributed by atoms with Gasteiger partial charge in [-0.05, 0) is 24.3 Å². The fraction of sp³-hybridized carbons (Fsp3) is 0.150. The second-order valence-corrected chi connectivity index (χ2v) is 5.66. The van der Waals surface area contributed by atoms with Gasteiger partial charge >= 0.3 is 5.97 Å². The third kappa shape index (κ3) is 3.09.